The summed E-state index contributed by atoms with van der Waals surface area (Å²) >= 11 is 13.5. The largest absolute Gasteiger partial charge is 0.465 e. The molecule has 20 heteroatoms. The summed E-state index contributed by atoms with van der Waals surface area (Å²) < 4.78 is 48.0. The van der Waals surface area contributed by atoms with E-state index in [1.807, 2.05) is 0 Å². The second-order valence-electron chi connectivity index (χ2n) is 17.2. The average molecular weight is 1120 g/mol. The number of esters is 4. The highest BCUT2D eigenvalue weighted by atomic mass is 79.9. The molecular formula is C36H68Br4O12Si4. The quantitative estimate of drug-likeness (QED) is 0.0299. The molecule has 0 aromatic heterocycles. The minimum Gasteiger partial charge on any atom is -0.465 e. The summed E-state index contributed by atoms with van der Waals surface area (Å²) in [5.41, 5.74) is 0. The van der Waals surface area contributed by atoms with Crippen molar-refractivity contribution in [1.82, 2.24) is 0 Å². The molecule has 1 rings (SSSR count). The first-order valence-electron chi connectivity index (χ1n) is 19.6. The van der Waals surface area contributed by atoms with Gasteiger partial charge in [-0.15, -0.1) is 0 Å². The zero-order valence-electron chi connectivity index (χ0n) is 35.7. The highest BCUT2D eigenvalue weighted by Gasteiger charge is 2.56. The van der Waals surface area contributed by atoms with E-state index in [0.717, 1.165) is 25.7 Å². The summed E-state index contributed by atoms with van der Waals surface area (Å²) in [5.74, 6) is -1.25. The third-order valence-corrected chi connectivity index (χ3v) is 28.9. The van der Waals surface area contributed by atoms with E-state index in [-0.39, 0.29) is 50.3 Å². The fraction of sp³-hybridized carbons (Fsp3) is 0.889. The summed E-state index contributed by atoms with van der Waals surface area (Å²) in [5, 5.41) is 0. The molecule has 1 heterocycles. The first kappa shape index (κ1) is 54.5. The lowest BCUT2D eigenvalue weighted by Gasteiger charge is -2.50. The van der Waals surface area contributed by atoms with Crippen molar-refractivity contribution in [2.24, 2.45) is 0 Å². The molecule has 12 nitrogen and oxygen atoms in total. The second kappa shape index (κ2) is 23.1. The predicted molar refractivity (Wildman–Crippen MR) is 243 cm³/mol. The van der Waals surface area contributed by atoms with Gasteiger partial charge in [-0.2, -0.15) is 0 Å². The monoisotopic (exact) mass is 1120 g/mol. The van der Waals surface area contributed by atoms with E-state index in [2.05, 4.69) is 89.9 Å². The highest BCUT2D eigenvalue weighted by Crippen LogP contribution is 2.39. The lowest BCUT2D eigenvalue weighted by atomic mass is 10.2. The molecule has 0 unspecified atom stereocenters. The van der Waals surface area contributed by atoms with Crippen LogP contribution in [0.2, 0.25) is 50.4 Å². The van der Waals surface area contributed by atoms with Gasteiger partial charge < -0.3 is 35.4 Å². The normalized spacial score (nSPS) is 25.1. The maximum absolute atomic E-state index is 12.3. The van der Waals surface area contributed by atoms with Crippen LogP contribution in [0.3, 0.4) is 0 Å². The molecule has 1 aliphatic heterocycles. The Morgan fingerprint density at radius 3 is 0.679 bits per heavy atom. The number of unbranched alkanes of at least 4 members (excludes halogenated alkanes) is 4. The van der Waals surface area contributed by atoms with Crippen molar-refractivity contribution in [2.45, 2.75) is 174 Å². The molecule has 0 atom stereocenters. The SMILES string of the molecule is CC(C)(Br)C(=O)OCCCC[Si]1(C)O[Si](C)(CCCCOC(=O)C(C)(C)Br)O[Si](C)(CCCCOC(=O)C(C)(C)Br)O[Si](C)(CCCCOC(=O)C(C)(C)Br)O1. The molecule has 0 aromatic carbocycles. The van der Waals surface area contributed by atoms with E-state index in [0.29, 0.717) is 49.9 Å². The van der Waals surface area contributed by atoms with E-state index in [9.17, 15) is 19.2 Å². The Labute approximate surface area is 374 Å². The van der Waals surface area contributed by atoms with Gasteiger partial charge in [-0.1, -0.05) is 63.7 Å². The van der Waals surface area contributed by atoms with Crippen LogP contribution >= 0.6 is 63.7 Å². The number of hydrogen-bond donors (Lipinski definition) is 0. The number of carbonyl (C=O) groups is 4. The Bertz CT molecular complexity index is 1080. The molecule has 0 amide bonds. The molecule has 56 heavy (non-hydrogen) atoms. The molecule has 0 aliphatic carbocycles. The maximum Gasteiger partial charge on any atom is 0.322 e. The van der Waals surface area contributed by atoms with Crippen LogP contribution in [-0.4, -0.2) is 102 Å². The van der Waals surface area contributed by atoms with Gasteiger partial charge in [0.25, 0.3) is 0 Å². The molecular weight excluding hydrogens is 1060 g/mol. The lowest BCUT2D eigenvalue weighted by molar-refractivity contribution is -0.146. The Morgan fingerprint density at radius 2 is 0.536 bits per heavy atom. The molecule has 0 aromatic rings. The third-order valence-electron chi connectivity index (χ3n) is 8.70. The van der Waals surface area contributed by atoms with Crippen LogP contribution in [-0.2, 0) is 54.6 Å². The third kappa shape index (κ3) is 21.9. The maximum atomic E-state index is 12.3. The molecule has 0 N–H and O–H groups in total. The summed E-state index contributed by atoms with van der Waals surface area (Å²) in [6.07, 6.45) is 5.50. The molecule has 0 radical (unpaired) electrons. The minimum absolute atomic E-state index is 0.288. The fourth-order valence-corrected chi connectivity index (χ4v) is 29.9. The van der Waals surface area contributed by atoms with Gasteiger partial charge in [-0.25, -0.2) is 0 Å². The van der Waals surface area contributed by atoms with Crippen LogP contribution in [0.4, 0.5) is 0 Å². The lowest BCUT2D eigenvalue weighted by Crippen LogP contribution is -2.67. The van der Waals surface area contributed by atoms with Crippen molar-refractivity contribution in [3.63, 3.8) is 0 Å². The zero-order chi connectivity index (χ0) is 43.3. The van der Waals surface area contributed by atoms with Gasteiger partial charge in [0.1, 0.15) is 17.3 Å². The Balaban J connectivity index is 3.31. The number of ether oxygens (including phenoxy) is 4. The molecule has 1 aliphatic rings. The van der Waals surface area contributed by atoms with Crippen LogP contribution in [0.15, 0.2) is 0 Å². The molecule has 0 bridgehead atoms. The van der Waals surface area contributed by atoms with Gasteiger partial charge in [0, 0.05) is 0 Å². The minimum atomic E-state index is -2.96. The Morgan fingerprint density at radius 1 is 0.375 bits per heavy atom. The zero-order valence-corrected chi connectivity index (χ0v) is 46.1. The van der Waals surface area contributed by atoms with Crippen LogP contribution in [0.1, 0.15) is 107 Å². The number of halogens is 4. The van der Waals surface area contributed by atoms with E-state index in [1.54, 1.807) is 55.4 Å². The summed E-state index contributed by atoms with van der Waals surface area (Å²) in [6, 6.07) is 2.63. The highest BCUT2D eigenvalue weighted by molar-refractivity contribution is 9.10. The van der Waals surface area contributed by atoms with Crippen LogP contribution in [0, 0.1) is 0 Å². The molecule has 328 valence electrons. The molecule has 1 fully saturated rings. The van der Waals surface area contributed by atoms with E-state index < -0.39 is 51.5 Å². The van der Waals surface area contributed by atoms with Gasteiger partial charge >= 0.3 is 58.1 Å². The number of carbonyl (C=O) groups excluding carboxylic acids is 4. The van der Waals surface area contributed by atoms with Crippen molar-refractivity contribution < 1.29 is 54.6 Å². The van der Waals surface area contributed by atoms with Crippen molar-refractivity contribution >= 4 is 122 Å². The van der Waals surface area contributed by atoms with E-state index in [1.165, 1.54) is 0 Å². The Kier molecular flexibility index (Phi) is 22.5. The first-order valence-corrected chi connectivity index (χ1v) is 32.9. The molecule has 0 spiro atoms. The van der Waals surface area contributed by atoms with Crippen LogP contribution in [0.25, 0.3) is 0 Å². The van der Waals surface area contributed by atoms with Crippen molar-refractivity contribution in [3.05, 3.63) is 0 Å². The number of hydrogen-bond acceptors (Lipinski definition) is 12. The van der Waals surface area contributed by atoms with Crippen molar-refractivity contribution in [2.75, 3.05) is 26.4 Å². The standard InChI is InChI=1S/C36H68Br4O12Si4/c1-33(2,37)29(41)45-21-13-17-25-53(9)49-54(10,26-18-14-22-46-30(42)34(3,4)38)51-56(12,28-20-16-24-48-32(44)36(7,8)40)52-55(11,50-53)27-19-15-23-47-31(43)35(5,6)39/h13-28H2,1-12H3. The second-order valence-corrected chi connectivity index (χ2v) is 39.5. The molecule has 1 saturated heterocycles. The van der Waals surface area contributed by atoms with Gasteiger partial charge in [-0.05, 0) is 157 Å². The summed E-state index contributed by atoms with van der Waals surface area (Å²) in [4.78, 5) is 49.4. The van der Waals surface area contributed by atoms with Crippen molar-refractivity contribution in [3.8, 4) is 0 Å². The van der Waals surface area contributed by atoms with E-state index in [4.69, 9.17) is 35.4 Å². The number of alkyl halides is 4. The smallest absolute Gasteiger partial charge is 0.322 e. The summed E-state index contributed by atoms with van der Waals surface area (Å²) in [7, 11) is -11.8. The Hall–Kier alpha value is 0.508. The summed E-state index contributed by atoms with van der Waals surface area (Å²) in [6.45, 7) is 23.6. The van der Waals surface area contributed by atoms with Crippen LogP contribution in [0.5, 0.6) is 0 Å². The van der Waals surface area contributed by atoms with Gasteiger partial charge in [0.2, 0.25) is 0 Å². The van der Waals surface area contributed by atoms with Crippen molar-refractivity contribution in [1.29, 1.82) is 0 Å². The average Bonchev–Trinajstić information content (AvgIpc) is 3.00. The molecule has 0 saturated carbocycles. The number of rotatable bonds is 24. The van der Waals surface area contributed by atoms with Gasteiger partial charge in [-0.3, -0.25) is 19.2 Å². The topological polar surface area (TPSA) is 142 Å². The first-order chi connectivity index (χ1) is 25.3. The predicted octanol–water partition coefficient (Wildman–Crippen LogP) is 10.3. The van der Waals surface area contributed by atoms with Gasteiger partial charge in [0.05, 0.1) is 26.4 Å². The fourth-order valence-electron chi connectivity index (χ4n) is 5.86. The van der Waals surface area contributed by atoms with E-state index >= 15 is 0 Å². The van der Waals surface area contributed by atoms with Gasteiger partial charge in [0.15, 0.2) is 0 Å². The van der Waals surface area contributed by atoms with Crippen LogP contribution < -0.4 is 0 Å².